The summed E-state index contributed by atoms with van der Waals surface area (Å²) in [5, 5.41) is 1.11. The maximum Gasteiger partial charge on any atom is 0.242 e. The minimum absolute atomic E-state index is 0.0199. The molecule has 2 aromatic rings. The van der Waals surface area contributed by atoms with Crippen LogP contribution in [0, 0.1) is 6.92 Å². The van der Waals surface area contributed by atoms with Crippen molar-refractivity contribution in [2.24, 2.45) is 0 Å². The maximum atomic E-state index is 12.8. The van der Waals surface area contributed by atoms with Crippen molar-refractivity contribution in [3.8, 4) is 0 Å². The van der Waals surface area contributed by atoms with Gasteiger partial charge in [-0.25, -0.2) is 0 Å². The number of carbonyl (C=O) groups is 4. The van der Waals surface area contributed by atoms with Crippen LogP contribution >= 0.6 is 0 Å². The second-order valence-electron chi connectivity index (χ2n) is 7.57. The fourth-order valence-corrected chi connectivity index (χ4v) is 4.03. The van der Waals surface area contributed by atoms with Gasteiger partial charge in [0, 0.05) is 50.2 Å². The van der Waals surface area contributed by atoms with Crippen molar-refractivity contribution in [1.29, 1.82) is 0 Å². The number of carbonyl (C=O) groups excluding carboxylic acids is 4. The van der Waals surface area contributed by atoms with Crippen LogP contribution in [0.5, 0.6) is 0 Å². The van der Waals surface area contributed by atoms with Crippen LogP contribution in [-0.2, 0) is 25.7 Å². The summed E-state index contributed by atoms with van der Waals surface area (Å²) in [5.74, 6) is -0.794. The second kappa shape index (κ2) is 7.69. The lowest BCUT2D eigenvalue weighted by atomic mass is 10.2. The van der Waals surface area contributed by atoms with E-state index in [9.17, 15) is 19.2 Å². The Balaban J connectivity index is 1.34. The number of aryl methyl sites for hydroxylation is 1. The fraction of sp³-hybridized carbons (Fsp3) is 0.429. The summed E-state index contributed by atoms with van der Waals surface area (Å²) in [5.41, 5.74) is 2.07. The molecule has 0 unspecified atom stereocenters. The number of hydrogen-bond acceptors (Lipinski definition) is 4. The molecule has 0 bridgehead atoms. The van der Waals surface area contributed by atoms with Crippen molar-refractivity contribution >= 4 is 34.5 Å². The van der Waals surface area contributed by atoms with Crippen molar-refractivity contribution < 1.29 is 19.2 Å². The zero-order chi connectivity index (χ0) is 20.5. The Morgan fingerprint density at radius 3 is 2.03 bits per heavy atom. The molecule has 0 N–H and O–H groups in total. The zero-order valence-electron chi connectivity index (χ0n) is 16.5. The van der Waals surface area contributed by atoms with Crippen molar-refractivity contribution in [2.45, 2.75) is 26.3 Å². The maximum absolute atomic E-state index is 12.8. The molecule has 1 aromatic carbocycles. The smallest absolute Gasteiger partial charge is 0.242 e. The van der Waals surface area contributed by atoms with Crippen molar-refractivity contribution in [3.05, 3.63) is 36.0 Å². The van der Waals surface area contributed by atoms with Gasteiger partial charge in [-0.2, -0.15) is 0 Å². The van der Waals surface area contributed by atoms with Gasteiger partial charge in [0.05, 0.1) is 0 Å². The number of imide groups is 1. The Kier molecular flexibility index (Phi) is 5.08. The van der Waals surface area contributed by atoms with Gasteiger partial charge in [0.25, 0.3) is 0 Å². The molecular formula is C21H24N4O4. The molecule has 4 amide bonds. The summed E-state index contributed by atoms with van der Waals surface area (Å²) in [6.45, 7) is 3.78. The summed E-state index contributed by atoms with van der Waals surface area (Å²) in [6, 6.07) is 10.0. The normalized spacial score (nSPS) is 17.5. The number of rotatable bonds is 4. The Hall–Kier alpha value is -3.16. The number of fused-ring (bicyclic) bond motifs is 1. The van der Waals surface area contributed by atoms with Crippen molar-refractivity contribution in [2.75, 3.05) is 32.7 Å². The summed E-state index contributed by atoms with van der Waals surface area (Å²) in [7, 11) is 0. The number of para-hydroxylation sites is 1. The summed E-state index contributed by atoms with van der Waals surface area (Å²) in [4.78, 5) is 53.1. The minimum Gasteiger partial charge on any atom is -0.338 e. The molecule has 2 fully saturated rings. The fourth-order valence-electron chi connectivity index (χ4n) is 4.03. The van der Waals surface area contributed by atoms with E-state index in [0.717, 1.165) is 21.5 Å². The minimum atomic E-state index is -0.286. The van der Waals surface area contributed by atoms with Crippen LogP contribution in [0.3, 0.4) is 0 Å². The highest BCUT2D eigenvalue weighted by atomic mass is 16.2. The van der Waals surface area contributed by atoms with Gasteiger partial charge in [-0.1, -0.05) is 18.2 Å². The Morgan fingerprint density at radius 2 is 1.41 bits per heavy atom. The predicted molar refractivity (Wildman–Crippen MR) is 106 cm³/mol. The van der Waals surface area contributed by atoms with Crippen LogP contribution in [0.4, 0.5) is 0 Å². The highest BCUT2D eigenvalue weighted by Gasteiger charge is 2.33. The summed E-state index contributed by atoms with van der Waals surface area (Å²) in [6.07, 6.45) is 0.365. The van der Waals surface area contributed by atoms with Gasteiger partial charge in [-0.05, 0) is 24.4 Å². The monoisotopic (exact) mass is 396 g/mol. The molecule has 2 aliphatic heterocycles. The second-order valence-corrected chi connectivity index (χ2v) is 7.57. The van der Waals surface area contributed by atoms with Crippen LogP contribution in [0.25, 0.3) is 10.9 Å². The number of aromatic nitrogens is 1. The first-order valence-electron chi connectivity index (χ1n) is 9.87. The van der Waals surface area contributed by atoms with Crippen molar-refractivity contribution in [3.63, 3.8) is 0 Å². The number of hydrogen-bond donors (Lipinski definition) is 0. The van der Waals surface area contributed by atoms with Gasteiger partial charge >= 0.3 is 0 Å². The van der Waals surface area contributed by atoms with Crippen LogP contribution in [-0.4, -0.2) is 75.6 Å². The standard InChI is InChI=1S/C21H24N4O4/c1-15-12-16-4-2-3-5-17(16)24(15)13-20(28)22-8-10-23(11-9-22)21(29)14-25-18(26)6-7-19(25)27/h2-5,12H,6-11,13-14H2,1H3. The molecule has 8 heteroatoms. The molecule has 2 saturated heterocycles. The summed E-state index contributed by atoms with van der Waals surface area (Å²) >= 11 is 0. The number of piperazine rings is 1. The third-order valence-electron chi connectivity index (χ3n) is 5.74. The largest absolute Gasteiger partial charge is 0.338 e. The van der Waals surface area contributed by atoms with E-state index in [-0.39, 0.29) is 49.6 Å². The van der Waals surface area contributed by atoms with Gasteiger partial charge in [0.15, 0.2) is 0 Å². The van der Waals surface area contributed by atoms with E-state index in [0.29, 0.717) is 26.2 Å². The molecule has 0 spiro atoms. The highest BCUT2D eigenvalue weighted by Crippen LogP contribution is 2.19. The molecule has 1 aromatic heterocycles. The molecule has 3 heterocycles. The van der Waals surface area contributed by atoms with E-state index in [4.69, 9.17) is 0 Å². The van der Waals surface area contributed by atoms with Crippen LogP contribution in [0.2, 0.25) is 0 Å². The first-order valence-corrected chi connectivity index (χ1v) is 9.87. The van der Waals surface area contributed by atoms with E-state index in [2.05, 4.69) is 6.07 Å². The topological polar surface area (TPSA) is 82.9 Å². The van der Waals surface area contributed by atoms with Gasteiger partial charge in [0.2, 0.25) is 23.6 Å². The highest BCUT2D eigenvalue weighted by molar-refractivity contribution is 6.04. The number of likely N-dealkylation sites (tertiary alicyclic amines) is 1. The van der Waals surface area contributed by atoms with E-state index in [1.165, 1.54) is 0 Å². The Bertz CT molecular complexity index is 972. The van der Waals surface area contributed by atoms with Gasteiger partial charge in [0.1, 0.15) is 13.1 Å². The quantitative estimate of drug-likeness (QED) is 0.715. The number of nitrogens with zero attached hydrogens (tertiary/aromatic N) is 4. The predicted octanol–water partition coefficient (Wildman–Crippen LogP) is 0.770. The third kappa shape index (κ3) is 3.74. The molecule has 0 atom stereocenters. The lowest BCUT2D eigenvalue weighted by Gasteiger charge is -2.35. The Morgan fingerprint density at radius 1 is 0.862 bits per heavy atom. The molecule has 0 saturated carbocycles. The van der Waals surface area contributed by atoms with Gasteiger partial charge in [-0.15, -0.1) is 0 Å². The van der Waals surface area contributed by atoms with E-state index in [1.54, 1.807) is 9.80 Å². The molecule has 0 aliphatic carbocycles. The van der Waals surface area contributed by atoms with E-state index in [1.807, 2.05) is 35.8 Å². The average Bonchev–Trinajstić information content (AvgIpc) is 3.21. The zero-order valence-corrected chi connectivity index (χ0v) is 16.5. The molecule has 152 valence electrons. The molecule has 0 radical (unpaired) electrons. The third-order valence-corrected chi connectivity index (χ3v) is 5.74. The lowest BCUT2D eigenvalue weighted by molar-refractivity contribution is -0.147. The SMILES string of the molecule is Cc1cc2ccccc2n1CC(=O)N1CCN(C(=O)CN2C(=O)CCC2=O)CC1. The van der Waals surface area contributed by atoms with E-state index >= 15 is 0 Å². The molecule has 2 aliphatic rings. The van der Waals surface area contributed by atoms with Crippen LogP contribution < -0.4 is 0 Å². The first kappa shape index (κ1) is 19.2. The van der Waals surface area contributed by atoms with Crippen LogP contribution in [0.1, 0.15) is 18.5 Å². The van der Waals surface area contributed by atoms with E-state index < -0.39 is 0 Å². The van der Waals surface area contributed by atoms with Gasteiger partial charge in [-0.3, -0.25) is 24.1 Å². The number of amides is 4. The molecule has 4 rings (SSSR count). The van der Waals surface area contributed by atoms with Crippen LogP contribution in [0.15, 0.2) is 30.3 Å². The lowest BCUT2D eigenvalue weighted by Crippen LogP contribution is -2.53. The van der Waals surface area contributed by atoms with Crippen molar-refractivity contribution in [1.82, 2.24) is 19.3 Å². The molecule has 29 heavy (non-hydrogen) atoms. The first-order chi connectivity index (χ1) is 13.9. The Labute approximate surface area is 168 Å². The molecule has 8 nitrogen and oxygen atoms in total. The molecular weight excluding hydrogens is 372 g/mol. The summed E-state index contributed by atoms with van der Waals surface area (Å²) < 4.78 is 2.01. The average molecular weight is 396 g/mol. The number of benzene rings is 1. The van der Waals surface area contributed by atoms with Gasteiger partial charge < -0.3 is 14.4 Å².